The van der Waals surface area contributed by atoms with Crippen molar-refractivity contribution >= 4 is 7.60 Å². The Morgan fingerprint density at radius 3 is 2.40 bits per heavy atom. The van der Waals surface area contributed by atoms with Gasteiger partial charge in [0.2, 0.25) is 0 Å². The average molecular weight is 167 g/mol. The molecule has 10 heavy (non-hydrogen) atoms. The van der Waals surface area contributed by atoms with E-state index in [0.717, 1.165) is 0 Å². The van der Waals surface area contributed by atoms with Gasteiger partial charge in [-0.2, -0.15) is 0 Å². The quantitative estimate of drug-likeness (QED) is 0.627. The van der Waals surface area contributed by atoms with Gasteiger partial charge in [0.25, 0.3) is 0 Å². The summed E-state index contributed by atoms with van der Waals surface area (Å²) >= 11 is 0. The van der Waals surface area contributed by atoms with E-state index in [-0.39, 0.29) is 12.9 Å². The maximum Gasteiger partial charge on any atom is 0.341 e. The van der Waals surface area contributed by atoms with E-state index in [2.05, 4.69) is 4.52 Å². The van der Waals surface area contributed by atoms with E-state index in [4.69, 9.17) is 4.89 Å². The van der Waals surface area contributed by atoms with Gasteiger partial charge in [-0.25, -0.2) is 0 Å². The Labute approximate surface area is 61.3 Å². The van der Waals surface area contributed by atoms with Crippen molar-refractivity contribution in [3.05, 3.63) is 0 Å². The molecule has 4 nitrogen and oxygen atoms in total. The van der Waals surface area contributed by atoms with Crippen LogP contribution in [0.4, 0.5) is 0 Å². The Balaban J connectivity index is 3.75. The van der Waals surface area contributed by atoms with Crippen LogP contribution in [0.2, 0.25) is 0 Å². The zero-order valence-electron chi connectivity index (χ0n) is 6.57. The third-order valence-electron chi connectivity index (χ3n) is 0.792. The highest BCUT2D eigenvalue weighted by molar-refractivity contribution is 7.52. The molecule has 0 aliphatic heterocycles. The molecule has 0 aromatic rings. The highest BCUT2D eigenvalue weighted by atomic mass is 31.2. The van der Waals surface area contributed by atoms with Crippen LogP contribution in [0.3, 0.4) is 0 Å². The van der Waals surface area contributed by atoms with Gasteiger partial charge in [-0.05, 0) is 21.0 Å². The first-order chi connectivity index (χ1) is 4.48. The molecule has 0 aromatic carbocycles. The fourth-order valence-electron chi connectivity index (χ4n) is 0.600. The summed E-state index contributed by atoms with van der Waals surface area (Å²) in [7, 11) is 0.125. The second-order valence-electron chi connectivity index (χ2n) is 2.28. The summed E-state index contributed by atoms with van der Waals surface area (Å²) in [5.74, 6) is 0. The Hall–Kier alpha value is 0.110. The molecule has 0 aliphatic carbocycles. The lowest BCUT2D eigenvalue weighted by atomic mass is 10.9. The molecule has 0 saturated carbocycles. The molecule has 0 amide bonds. The molecule has 0 aromatic heterocycles. The van der Waals surface area contributed by atoms with Crippen molar-refractivity contribution in [2.45, 2.75) is 6.92 Å². The SMILES string of the molecule is CCOP(=O)(O)CN(C)C. The van der Waals surface area contributed by atoms with Crippen LogP contribution in [-0.4, -0.2) is 36.8 Å². The van der Waals surface area contributed by atoms with E-state index in [1.807, 2.05) is 0 Å². The Morgan fingerprint density at radius 2 is 2.10 bits per heavy atom. The van der Waals surface area contributed by atoms with E-state index in [1.54, 1.807) is 25.9 Å². The summed E-state index contributed by atoms with van der Waals surface area (Å²) in [6, 6.07) is 0. The first kappa shape index (κ1) is 10.1. The van der Waals surface area contributed by atoms with Crippen molar-refractivity contribution in [3.8, 4) is 0 Å². The minimum Gasteiger partial charge on any atom is -0.323 e. The van der Waals surface area contributed by atoms with E-state index in [9.17, 15) is 4.57 Å². The normalized spacial score (nSPS) is 17.3. The Bertz CT molecular complexity index is 137. The summed E-state index contributed by atoms with van der Waals surface area (Å²) < 4.78 is 15.5. The van der Waals surface area contributed by atoms with Gasteiger partial charge in [0, 0.05) is 0 Å². The number of hydrogen-bond acceptors (Lipinski definition) is 3. The van der Waals surface area contributed by atoms with Gasteiger partial charge >= 0.3 is 7.60 Å². The third-order valence-corrected chi connectivity index (χ3v) is 2.38. The van der Waals surface area contributed by atoms with Crippen molar-refractivity contribution in [3.63, 3.8) is 0 Å². The molecule has 0 heterocycles. The molecule has 0 spiro atoms. The van der Waals surface area contributed by atoms with Gasteiger partial charge in [0.15, 0.2) is 0 Å². The minimum atomic E-state index is -3.32. The lowest BCUT2D eigenvalue weighted by Gasteiger charge is -2.14. The van der Waals surface area contributed by atoms with Crippen LogP contribution >= 0.6 is 7.60 Å². The second-order valence-corrected chi connectivity index (χ2v) is 4.09. The van der Waals surface area contributed by atoms with Gasteiger partial charge < -0.3 is 9.42 Å². The molecule has 0 rings (SSSR count). The van der Waals surface area contributed by atoms with E-state index >= 15 is 0 Å². The molecular formula is C5H14NO3P. The summed E-state index contributed by atoms with van der Waals surface area (Å²) in [4.78, 5) is 10.6. The highest BCUT2D eigenvalue weighted by Crippen LogP contribution is 2.41. The molecule has 0 aliphatic rings. The van der Waals surface area contributed by atoms with Crippen molar-refractivity contribution in [1.82, 2.24) is 4.90 Å². The fraction of sp³-hybridized carbons (Fsp3) is 1.00. The Morgan fingerprint density at radius 1 is 1.60 bits per heavy atom. The zero-order valence-corrected chi connectivity index (χ0v) is 7.47. The smallest absolute Gasteiger partial charge is 0.323 e. The predicted octanol–water partition coefficient (Wildman–Crippen LogP) is 0.727. The summed E-state index contributed by atoms with van der Waals surface area (Å²) in [5.41, 5.74) is 0. The van der Waals surface area contributed by atoms with E-state index in [1.165, 1.54) is 0 Å². The fourth-order valence-corrected chi connectivity index (χ4v) is 1.80. The molecule has 0 bridgehead atoms. The van der Waals surface area contributed by atoms with Crippen LogP contribution < -0.4 is 0 Å². The molecule has 62 valence electrons. The van der Waals surface area contributed by atoms with Crippen molar-refractivity contribution in [2.24, 2.45) is 0 Å². The van der Waals surface area contributed by atoms with E-state index < -0.39 is 7.60 Å². The molecule has 5 heteroatoms. The van der Waals surface area contributed by atoms with Gasteiger partial charge in [0.1, 0.15) is 6.29 Å². The van der Waals surface area contributed by atoms with Crippen LogP contribution in [0.15, 0.2) is 0 Å². The predicted molar refractivity (Wildman–Crippen MR) is 40.0 cm³/mol. The number of nitrogens with zero attached hydrogens (tertiary/aromatic N) is 1. The zero-order chi connectivity index (χ0) is 8.20. The van der Waals surface area contributed by atoms with Crippen molar-refractivity contribution in [2.75, 3.05) is 27.0 Å². The van der Waals surface area contributed by atoms with Gasteiger partial charge in [-0.1, -0.05) is 0 Å². The summed E-state index contributed by atoms with van der Waals surface area (Å²) in [6.07, 6.45) is 0.0842. The van der Waals surface area contributed by atoms with Gasteiger partial charge in [0.05, 0.1) is 6.61 Å². The number of hydrogen-bond donors (Lipinski definition) is 1. The molecular weight excluding hydrogens is 153 g/mol. The van der Waals surface area contributed by atoms with Crippen LogP contribution in [0.25, 0.3) is 0 Å². The molecule has 0 saturated heterocycles. The molecule has 1 unspecified atom stereocenters. The van der Waals surface area contributed by atoms with E-state index in [0.29, 0.717) is 0 Å². The van der Waals surface area contributed by atoms with Gasteiger partial charge in [-0.3, -0.25) is 9.46 Å². The van der Waals surface area contributed by atoms with Crippen LogP contribution in [0.5, 0.6) is 0 Å². The summed E-state index contributed by atoms with van der Waals surface area (Å²) in [5, 5.41) is 0. The lowest BCUT2D eigenvalue weighted by molar-refractivity contribution is 0.257. The first-order valence-corrected chi connectivity index (χ1v) is 4.85. The molecule has 0 fully saturated rings. The molecule has 1 N–H and O–H groups in total. The monoisotopic (exact) mass is 167 g/mol. The summed E-state index contributed by atoms with van der Waals surface area (Å²) in [6.45, 7) is 1.97. The standard InChI is InChI=1S/C5H14NO3P/c1-4-9-10(7,8)5-6(2)3/h4-5H2,1-3H3,(H,7,8). The van der Waals surface area contributed by atoms with Crippen LogP contribution in [0, 0.1) is 0 Å². The Kier molecular flexibility index (Phi) is 4.13. The highest BCUT2D eigenvalue weighted by Gasteiger charge is 2.18. The molecule has 0 radical (unpaired) electrons. The van der Waals surface area contributed by atoms with Gasteiger partial charge in [-0.15, -0.1) is 0 Å². The average Bonchev–Trinajstić information content (AvgIpc) is 1.59. The number of rotatable bonds is 4. The first-order valence-electron chi connectivity index (χ1n) is 3.09. The lowest BCUT2D eigenvalue weighted by Crippen LogP contribution is -2.14. The van der Waals surface area contributed by atoms with Crippen LogP contribution in [0.1, 0.15) is 6.92 Å². The molecule has 1 atom stereocenters. The minimum absolute atomic E-state index is 0.0842. The van der Waals surface area contributed by atoms with Crippen LogP contribution in [-0.2, 0) is 9.09 Å². The topological polar surface area (TPSA) is 49.8 Å². The third kappa shape index (κ3) is 4.94. The van der Waals surface area contributed by atoms with Crippen molar-refractivity contribution < 1.29 is 14.0 Å². The largest absolute Gasteiger partial charge is 0.341 e. The van der Waals surface area contributed by atoms with Crippen molar-refractivity contribution in [1.29, 1.82) is 0 Å². The maximum atomic E-state index is 10.9. The second kappa shape index (κ2) is 4.09. The maximum absolute atomic E-state index is 10.9.